The van der Waals surface area contributed by atoms with E-state index < -0.39 is 5.97 Å². The van der Waals surface area contributed by atoms with Crippen molar-refractivity contribution in [2.75, 3.05) is 7.11 Å². The van der Waals surface area contributed by atoms with Crippen LogP contribution in [0.2, 0.25) is 0 Å². The van der Waals surface area contributed by atoms with Crippen LogP contribution < -0.4 is 10.1 Å². The highest BCUT2D eigenvalue weighted by molar-refractivity contribution is 7.12. The summed E-state index contributed by atoms with van der Waals surface area (Å²) in [5, 5.41) is 12.0. The SMILES string of the molecule is COc1cc(CNCc2ccc(CC(=O)O)s2)ccn1. The van der Waals surface area contributed by atoms with Gasteiger partial charge in [0, 0.05) is 35.1 Å². The van der Waals surface area contributed by atoms with E-state index in [0.717, 1.165) is 21.9 Å². The van der Waals surface area contributed by atoms with E-state index in [1.165, 1.54) is 11.3 Å². The summed E-state index contributed by atoms with van der Waals surface area (Å²) >= 11 is 1.52. The lowest BCUT2D eigenvalue weighted by Crippen LogP contribution is -2.11. The van der Waals surface area contributed by atoms with Crippen LogP contribution in [0.15, 0.2) is 30.5 Å². The van der Waals surface area contributed by atoms with Crippen LogP contribution in [0.25, 0.3) is 0 Å². The number of carbonyl (C=O) groups is 1. The smallest absolute Gasteiger partial charge is 0.308 e. The Morgan fingerprint density at radius 2 is 2.15 bits per heavy atom. The number of carboxylic acid groups (broad SMARTS) is 1. The number of rotatable bonds is 7. The first-order valence-electron chi connectivity index (χ1n) is 6.16. The highest BCUT2D eigenvalue weighted by Gasteiger charge is 2.04. The summed E-state index contributed by atoms with van der Waals surface area (Å²) in [7, 11) is 1.59. The molecular weight excluding hydrogens is 276 g/mol. The third-order valence-corrected chi connectivity index (χ3v) is 3.76. The van der Waals surface area contributed by atoms with Gasteiger partial charge in [-0.3, -0.25) is 4.79 Å². The van der Waals surface area contributed by atoms with Gasteiger partial charge in [-0.2, -0.15) is 0 Å². The fraction of sp³-hybridized carbons (Fsp3) is 0.286. The number of nitrogens with zero attached hydrogens (tertiary/aromatic N) is 1. The van der Waals surface area contributed by atoms with E-state index in [-0.39, 0.29) is 6.42 Å². The van der Waals surface area contributed by atoms with Crippen molar-refractivity contribution < 1.29 is 14.6 Å². The number of ether oxygens (including phenoxy) is 1. The van der Waals surface area contributed by atoms with Crippen molar-refractivity contribution in [1.82, 2.24) is 10.3 Å². The average molecular weight is 292 g/mol. The monoisotopic (exact) mass is 292 g/mol. The van der Waals surface area contributed by atoms with Crippen LogP contribution in [0.1, 0.15) is 15.3 Å². The number of methoxy groups -OCH3 is 1. The molecule has 2 heterocycles. The van der Waals surface area contributed by atoms with E-state index in [1.807, 2.05) is 24.3 Å². The molecule has 20 heavy (non-hydrogen) atoms. The molecule has 0 aliphatic heterocycles. The maximum absolute atomic E-state index is 10.6. The fourth-order valence-electron chi connectivity index (χ4n) is 1.76. The van der Waals surface area contributed by atoms with Crippen LogP contribution in [0.5, 0.6) is 5.88 Å². The summed E-state index contributed by atoms with van der Waals surface area (Å²) < 4.78 is 5.07. The van der Waals surface area contributed by atoms with Gasteiger partial charge in [0.1, 0.15) is 0 Å². The number of pyridine rings is 1. The van der Waals surface area contributed by atoms with E-state index in [9.17, 15) is 4.79 Å². The summed E-state index contributed by atoms with van der Waals surface area (Å²) in [5.41, 5.74) is 1.10. The Kier molecular flexibility index (Phi) is 5.09. The van der Waals surface area contributed by atoms with Gasteiger partial charge >= 0.3 is 5.97 Å². The van der Waals surface area contributed by atoms with Gasteiger partial charge < -0.3 is 15.2 Å². The lowest BCUT2D eigenvalue weighted by atomic mass is 10.2. The van der Waals surface area contributed by atoms with E-state index in [4.69, 9.17) is 9.84 Å². The number of thiophene rings is 1. The van der Waals surface area contributed by atoms with Crippen molar-refractivity contribution in [2.45, 2.75) is 19.5 Å². The molecule has 6 heteroatoms. The largest absolute Gasteiger partial charge is 0.481 e. The predicted octanol–water partition coefficient (Wildman–Crippen LogP) is 2.07. The average Bonchev–Trinajstić information content (AvgIpc) is 2.86. The molecular formula is C14H16N2O3S. The molecule has 2 aromatic rings. The molecule has 0 amide bonds. The van der Waals surface area contributed by atoms with Gasteiger partial charge in [0.25, 0.3) is 0 Å². The van der Waals surface area contributed by atoms with Crippen LogP contribution in [-0.4, -0.2) is 23.2 Å². The molecule has 0 radical (unpaired) electrons. The third kappa shape index (κ3) is 4.32. The van der Waals surface area contributed by atoms with Crippen molar-refractivity contribution in [3.8, 4) is 5.88 Å². The van der Waals surface area contributed by atoms with Gasteiger partial charge in [-0.05, 0) is 23.8 Å². The van der Waals surface area contributed by atoms with Crippen LogP contribution in [0.4, 0.5) is 0 Å². The van der Waals surface area contributed by atoms with Crippen LogP contribution >= 0.6 is 11.3 Å². The summed E-state index contributed by atoms with van der Waals surface area (Å²) in [5.74, 6) is -0.195. The van der Waals surface area contributed by atoms with Gasteiger partial charge in [0.15, 0.2) is 0 Å². The minimum absolute atomic E-state index is 0.0895. The first kappa shape index (κ1) is 14.5. The van der Waals surface area contributed by atoms with Gasteiger partial charge in [0.2, 0.25) is 5.88 Å². The lowest BCUT2D eigenvalue weighted by molar-refractivity contribution is -0.136. The maximum atomic E-state index is 10.6. The molecule has 5 nitrogen and oxygen atoms in total. The predicted molar refractivity (Wildman–Crippen MR) is 77.0 cm³/mol. The molecule has 0 aliphatic rings. The first-order valence-corrected chi connectivity index (χ1v) is 6.98. The van der Waals surface area contributed by atoms with Gasteiger partial charge in [0.05, 0.1) is 13.5 Å². The van der Waals surface area contributed by atoms with Crippen LogP contribution in [0, 0.1) is 0 Å². The number of hydrogen-bond donors (Lipinski definition) is 2. The quantitative estimate of drug-likeness (QED) is 0.817. The van der Waals surface area contributed by atoms with Crippen molar-refractivity contribution in [3.05, 3.63) is 45.8 Å². The Hall–Kier alpha value is -1.92. The topological polar surface area (TPSA) is 71.5 Å². The minimum atomic E-state index is -0.796. The molecule has 106 valence electrons. The summed E-state index contributed by atoms with van der Waals surface area (Å²) in [6.07, 6.45) is 1.80. The van der Waals surface area contributed by atoms with E-state index in [0.29, 0.717) is 12.4 Å². The second kappa shape index (κ2) is 7.02. The molecule has 0 aromatic carbocycles. The number of aromatic nitrogens is 1. The van der Waals surface area contributed by atoms with Crippen molar-refractivity contribution in [1.29, 1.82) is 0 Å². The van der Waals surface area contributed by atoms with E-state index in [2.05, 4.69) is 10.3 Å². The molecule has 0 aliphatic carbocycles. The summed E-state index contributed by atoms with van der Waals surface area (Å²) in [4.78, 5) is 16.7. The third-order valence-electron chi connectivity index (χ3n) is 2.68. The Morgan fingerprint density at radius 1 is 1.35 bits per heavy atom. The molecule has 2 aromatic heterocycles. The van der Waals surface area contributed by atoms with E-state index >= 15 is 0 Å². The molecule has 0 spiro atoms. The summed E-state index contributed by atoms with van der Waals surface area (Å²) in [6, 6.07) is 7.64. The molecule has 0 unspecified atom stereocenters. The molecule has 0 bridgehead atoms. The Balaban J connectivity index is 1.83. The molecule has 0 saturated carbocycles. The first-order chi connectivity index (χ1) is 9.67. The Bertz CT molecular complexity index is 583. The van der Waals surface area contributed by atoms with Crippen molar-refractivity contribution in [3.63, 3.8) is 0 Å². The van der Waals surface area contributed by atoms with Gasteiger partial charge in [-0.25, -0.2) is 4.98 Å². The number of carboxylic acids is 1. The second-order valence-corrected chi connectivity index (χ2v) is 5.50. The Morgan fingerprint density at radius 3 is 2.90 bits per heavy atom. The van der Waals surface area contributed by atoms with Gasteiger partial charge in [-0.1, -0.05) is 0 Å². The highest BCUT2D eigenvalue weighted by atomic mass is 32.1. The number of hydrogen-bond acceptors (Lipinski definition) is 5. The zero-order valence-corrected chi connectivity index (χ0v) is 11.9. The van der Waals surface area contributed by atoms with Crippen LogP contribution in [-0.2, 0) is 24.3 Å². The van der Waals surface area contributed by atoms with E-state index in [1.54, 1.807) is 13.3 Å². The molecule has 0 fully saturated rings. The van der Waals surface area contributed by atoms with Crippen LogP contribution in [0.3, 0.4) is 0 Å². The second-order valence-electron chi connectivity index (χ2n) is 4.25. The Labute approximate surface area is 121 Å². The fourth-order valence-corrected chi connectivity index (χ4v) is 2.74. The zero-order chi connectivity index (χ0) is 14.4. The maximum Gasteiger partial charge on any atom is 0.308 e. The van der Waals surface area contributed by atoms with Gasteiger partial charge in [-0.15, -0.1) is 11.3 Å². The van der Waals surface area contributed by atoms with Crippen molar-refractivity contribution >= 4 is 17.3 Å². The molecule has 0 saturated heterocycles. The van der Waals surface area contributed by atoms with Crippen molar-refractivity contribution in [2.24, 2.45) is 0 Å². The minimum Gasteiger partial charge on any atom is -0.481 e. The lowest BCUT2D eigenvalue weighted by Gasteiger charge is -2.05. The number of aliphatic carboxylic acids is 1. The normalized spacial score (nSPS) is 10.4. The molecule has 2 rings (SSSR count). The summed E-state index contributed by atoms with van der Waals surface area (Å²) in [6.45, 7) is 1.43. The number of nitrogens with one attached hydrogen (secondary N) is 1. The zero-order valence-electron chi connectivity index (χ0n) is 11.1. The standard InChI is InChI=1S/C14H16N2O3S/c1-19-13-6-10(4-5-16-13)8-15-9-12-3-2-11(20-12)7-14(17)18/h2-6,15H,7-9H2,1H3,(H,17,18). The molecule has 0 atom stereocenters. The molecule has 2 N–H and O–H groups in total. The highest BCUT2D eigenvalue weighted by Crippen LogP contribution is 2.17.